The molecule has 0 fully saturated rings. The summed E-state index contributed by atoms with van der Waals surface area (Å²) in [5.41, 5.74) is -0.552. The summed E-state index contributed by atoms with van der Waals surface area (Å²) in [5, 5.41) is 26.4. The number of carboxylic acid groups (broad SMARTS) is 1. The second-order valence-corrected chi connectivity index (χ2v) is 2.56. The molecule has 0 aliphatic heterocycles. The van der Waals surface area contributed by atoms with Crippen molar-refractivity contribution in [3.8, 4) is 11.5 Å². The van der Waals surface area contributed by atoms with E-state index in [1.54, 1.807) is 0 Å². The average molecular weight is 186 g/mol. The molecule has 0 unspecified atom stereocenters. The maximum atomic E-state index is 12.9. The number of phenolic OH excluding ortho intramolecular Hbond substituents is 2. The Morgan fingerprint density at radius 2 is 1.92 bits per heavy atom. The second kappa shape index (κ2) is 2.93. The van der Waals surface area contributed by atoms with Gasteiger partial charge in [-0.3, -0.25) is 0 Å². The van der Waals surface area contributed by atoms with Gasteiger partial charge >= 0.3 is 5.97 Å². The number of phenols is 2. The molecule has 4 nitrogen and oxygen atoms in total. The maximum absolute atomic E-state index is 12.9. The molecule has 1 aromatic rings. The van der Waals surface area contributed by atoms with E-state index in [-0.39, 0.29) is 5.56 Å². The van der Waals surface area contributed by atoms with Crippen molar-refractivity contribution < 1.29 is 24.5 Å². The Balaban J connectivity index is 3.50. The molecule has 0 heterocycles. The molecule has 0 bridgehead atoms. The highest BCUT2D eigenvalue weighted by molar-refractivity contribution is 5.89. The van der Waals surface area contributed by atoms with Crippen molar-refractivity contribution in [2.75, 3.05) is 0 Å². The zero-order valence-electron chi connectivity index (χ0n) is 6.71. The highest BCUT2D eigenvalue weighted by Crippen LogP contribution is 2.33. The maximum Gasteiger partial charge on any atom is 0.338 e. The molecule has 0 saturated carbocycles. The van der Waals surface area contributed by atoms with Crippen LogP contribution < -0.4 is 0 Å². The highest BCUT2D eigenvalue weighted by atomic mass is 19.1. The number of carbonyl (C=O) groups is 1. The summed E-state index contributed by atoms with van der Waals surface area (Å²) >= 11 is 0. The molecule has 70 valence electrons. The van der Waals surface area contributed by atoms with Crippen LogP contribution in [0.3, 0.4) is 0 Å². The Hall–Kier alpha value is -1.78. The van der Waals surface area contributed by atoms with Gasteiger partial charge in [0.15, 0.2) is 17.3 Å². The number of halogens is 1. The van der Waals surface area contributed by atoms with Gasteiger partial charge < -0.3 is 15.3 Å². The van der Waals surface area contributed by atoms with Crippen molar-refractivity contribution in [2.45, 2.75) is 6.92 Å². The van der Waals surface area contributed by atoms with Gasteiger partial charge in [-0.15, -0.1) is 0 Å². The van der Waals surface area contributed by atoms with Crippen LogP contribution in [0.2, 0.25) is 0 Å². The summed E-state index contributed by atoms with van der Waals surface area (Å²) in [6.07, 6.45) is 0. The quantitative estimate of drug-likeness (QED) is 0.576. The summed E-state index contributed by atoms with van der Waals surface area (Å²) in [5.74, 6) is -4.48. The molecule has 0 amide bonds. The molecule has 1 aromatic carbocycles. The van der Waals surface area contributed by atoms with Crippen LogP contribution in [0.25, 0.3) is 0 Å². The van der Waals surface area contributed by atoms with Crippen LogP contribution in [0.1, 0.15) is 15.9 Å². The smallest absolute Gasteiger partial charge is 0.338 e. The Kier molecular flexibility index (Phi) is 2.10. The molecule has 0 atom stereocenters. The molecule has 0 radical (unpaired) electrons. The predicted molar refractivity (Wildman–Crippen MR) is 41.4 cm³/mol. The van der Waals surface area contributed by atoms with Crippen LogP contribution in [0.5, 0.6) is 11.5 Å². The minimum Gasteiger partial charge on any atom is -0.504 e. The fraction of sp³-hybridized carbons (Fsp3) is 0.125. The topological polar surface area (TPSA) is 77.8 Å². The van der Waals surface area contributed by atoms with Crippen molar-refractivity contribution >= 4 is 5.97 Å². The third-order valence-electron chi connectivity index (χ3n) is 1.63. The average Bonchev–Trinajstić information content (AvgIpc) is 2.07. The van der Waals surface area contributed by atoms with Crippen molar-refractivity contribution in [2.24, 2.45) is 0 Å². The van der Waals surface area contributed by atoms with E-state index in [0.29, 0.717) is 0 Å². The fourth-order valence-electron chi connectivity index (χ4n) is 0.922. The normalized spacial score (nSPS) is 10.0. The number of benzene rings is 1. The Bertz CT molecular complexity index is 373. The summed E-state index contributed by atoms with van der Waals surface area (Å²) in [4.78, 5) is 10.4. The second-order valence-electron chi connectivity index (χ2n) is 2.56. The van der Waals surface area contributed by atoms with Gasteiger partial charge in [-0.25, -0.2) is 9.18 Å². The van der Waals surface area contributed by atoms with Crippen LogP contribution in [0.4, 0.5) is 4.39 Å². The van der Waals surface area contributed by atoms with Gasteiger partial charge in [0.05, 0.1) is 5.56 Å². The molecule has 3 N–H and O–H groups in total. The van der Waals surface area contributed by atoms with Crippen LogP contribution in [-0.4, -0.2) is 21.3 Å². The number of carboxylic acids is 1. The van der Waals surface area contributed by atoms with Gasteiger partial charge in [0.2, 0.25) is 0 Å². The number of aromatic carboxylic acids is 1. The summed E-state index contributed by atoms with van der Waals surface area (Å²) < 4.78 is 12.9. The van der Waals surface area contributed by atoms with E-state index < -0.39 is 28.8 Å². The van der Waals surface area contributed by atoms with Gasteiger partial charge in [-0.2, -0.15) is 0 Å². The molecule has 13 heavy (non-hydrogen) atoms. The first-order valence-electron chi connectivity index (χ1n) is 3.39. The van der Waals surface area contributed by atoms with Gasteiger partial charge in [-0.1, -0.05) is 0 Å². The third-order valence-corrected chi connectivity index (χ3v) is 1.63. The molecule has 1 rings (SSSR count). The standard InChI is InChI=1S/C8H7FO4/c1-3-2-4(8(12)13)5(9)7(11)6(3)10/h2,10-11H,1H3,(H,12,13). The van der Waals surface area contributed by atoms with E-state index in [1.165, 1.54) is 6.92 Å². The lowest BCUT2D eigenvalue weighted by Gasteiger charge is -2.05. The number of hydrogen-bond acceptors (Lipinski definition) is 3. The van der Waals surface area contributed by atoms with Crippen LogP contribution >= 0.6 is 0 Å². The molecule has 0 saturated heterocycles. The summed E-state index contributed by atoms with van der Waals surface area (Å²) in [6.45, 7) is 1.36. The minimum absolute atomic E-state index is 0.108. The molecule has 0 aliphatic carbocycles. The highest BCUT2D eigenvalue weighted by Gasteiger charge is 2.19. The molecule has 5 heteroatoms. The SMILES string of the molecule is Cc1cc(C(=O)O)c(F)c(O)c1O. The Morgan fingerprint density at radius 1 is 1.38 bits per heavy atom. The minimum atomic E-state index is -1.49. The lowest BCUT2D eigenvalue weighted by molar-refractivity contribution is 0.0690. The lowest BCUT2D eigenvalue weighted by Crippen LogP contribution is -2.01. The first-order valence-corrected chi connectivity index (χ1v) is 3.39. The summed E-state index contributed by atoms with van der Waals surface area (Å²) in [7, 11) is 0. The van der Waals surface area contributed by atoms with E-state index in [4.69, 9.17) is 15.3 Å². The van der Waals surface area contributed by atoms with Crippen LogP contribution in [0, 0.1) is 12.7 Å². The van der Waals surface area contributed by atoms with E-state index >= 15 is 0 Å². The van der Waals surface area contributed by atoms with Crippen molar-refractivity contribution in [1.82, 2.24) is 0 Å². The van der Waals surface area contributed by atoms with Crippen molar-refractivity contribution in [3.63, 3.8) is 0 Å². The Labute approximate surface area is 72.9 Å². The van der Waals surface area contributed by atoms with Gasteiger partial charge in [0, 0.05) is 0 Å². The van der Waals surface area contributed by atoms with E-state index in [9.17, 15) is 9.18 Å². The largest absolute Gasteiger partial charge is 0.504 e. The molecular weight excluding hydrogens is 179 g/mol. The van der Waals surface area contributed by atoms with E-state index in [1.807, 2.05) is 0 Å². The van der Waals surface area contributed by atoms with Crippen LogP contribution in [0.15, 0.2) is 6.07 Å². The molecular formula is C8H7FO4. The number of rotatable bonds is 1. The van der Waals surface area contributed by atoms with Gasteiger partial charge in [0.1, 0.15) is 0 Å². The molecule has 0 aromatic heterocycles. The first-order chi connectivity index (χ1) is 5.95. The first kappa shape index (κ1) is 9.31. The van der Waals surface area contributed by atoms with E-state index in [0.717, 1.165) is 6.07 Å². The lowest BCUT2D eigenvalue weighted by atomic mass is 10.1. The number of aromatic hydroxyl groups is 2. The fourth-order valence-corrected chi connectivity index (χ4v) is 0.922. The zero-order valence-corrected chi connectivity index (χ0v) is 6.71. The Morgan fingerprint density at radius 3 is 2.38 bits per heavy atom. The van der Waals surface area contributed by atoms with Crippen molar-refractivity contribution in [1.29, 1.82) is 0 Å². The van der Waals surface area contributed by atoms with Crippen LogP contribution in [-0.2, 0) is 0 Å². The molecule has 0 spiro atoms. The zero-order chi connectivity index (χ0) is 10.2. The van der Waals surface area contributed by atoms with Crippen molar-refractivity contribution in [3.05, 3.63) is 23.0 Å². The third kappa shape index (κ3) is 1.40. The van der Waals surface area contributed by atoms with E-state index in [2.05, 4.69) is 0 Å². The van der Waals surface area contributed by atoms with Gasteiger partial charge in [0.25, 0.3) is 0 Å². The monoisotopic (exact) mass is 186 g/mol. The molecule has 0 aliphatic rings. The van der Waals surface area contributed by atoms with Gasteiger partial charge in [-0.05, 0) is 18.6 Å². The number of aryl methyl sites for hydroxylation is 1. The summed E-state index contributed by atoms with van der Waals surface area (Å²) in [6, 6.07) is 0.951. The predicted octanol–water partition coefficient (Wildman–Crippen LogP) is 1.24. The number of hydrogen-bond donors (Lipinski definition) is 3.